The number of hydrogen-bond acceptors (Lipinski definition) is 2. The van der Waals surface area contributed by atoms with E-state index >= 15 is 0 Å². The van der Waals surface area contributed by atoms with Crippen molar-refractivity contribution in [3.63, 3.8) is 0 Å². The second-order valence-corrected chi connectivity index (χ2v) is 6.81. The molecule has 2 amide bonds. The third-order valence-corrected chi connectivity index (χ3v) is 4.47. The largest absolute Gasteiger partial charge is 0.481 e. The Morgan fingerprint density at radius 2 is 2.04 bits per heavy atom. The van der Waals surface area contributed by atoms with Gasteiger partial charge in [-0.2, -0.15) is 13.2 Å². The Kier molecular flexibility index (Phi) is 6.50. The van der Waals surface area contributed by atoms with E-state index < -0.39 is 23.6 Å². The van der Waals surface area contributed by atoms with Crippen LogP contribution in [-0.4, -0.2) is 41.6 Å². The summed E-state index contributed by atoms with van der Waals surface area (Å²) in [4.78, 5) is 24.8. The molecule has 1 saturated heterocycles. The molecule has 2 N–H and O–H groups in total. The summed E-state index contributed by atoms with van der Waals surface area (Å²) in [5.41, 5.74) is -0.118. The first kappa shape index (κ1) is 20.1. The first-order chi connectivity index (χ1) is 12.2. The van der Waals surface area contributed by atoms with Crippen molar-refractivity contribution in [2.24, 2.45) is 11.8 Å². The van der Waals surface area contributed by atoms with Crippen LogP contribution < -0.4 is 5.32 Å². The monoisotopic (exact) mass is 372 g/mol. The summed E-state index contributed by atoms with van der Waals surface area (Å²) < 4.78 is 38.1. The number of alkyl halides is 3. The van der Waals surface area contributed by atoms with Crippen molar-refractivity contribution in [3.8, 4) is 0 Å². The van der Waals surface area contributed by atoms with Crippen LogP contribution in [0.5, 0.6) is 0 Å². The molecule has 0 aromatic heterocycles. The van der Waals surface area contributed by atoms with Crippen LogP contribution in [0.4, 0.5) is 18.0 Å². The molecule has 2 unspecified atom stereocenters. The first-order valence-corrected chi connectivity index (χ1v) is 8.58. The zero-order chi connectivity index (χ0) is 19.3. The van der Waals surface area contributed by atoms with E-state index in [9.17, 15) is 22.8 Å². The maximum Gasteiger partial charge on any atom is 0.416 e. The summed E-state index contributed by atoms with van der Waals surface area (Å²) in [6.07, 6.45) is -2.90. The van der Waals surface area contributed by atoms with Gasteiger partial charge >= 0.3 is 18.2 Å². The Labute approximate surface area is 150 Å². The SMILES string of the molecule is CC1CC(C(=O)O)CN(C(=O)NCCCc2cccc(C(F)(F)F)c2)C1. The predicted octanol–water partition coefficient (Wildman–Crippen LogP) is 3.39. The molecule has 0 bridgehead atoms. The minimum absolute atomic E-state index is 0.112. The van der Waals surface area contributed by atoms with E-state index in [0.717, 1.165) is 12.1 Å². The Bertz CT molecular complexity index is 649. The number of aryl methyl sites for hydroxylation is 1. The molecule has 8 heteroatoms. The molecule has 2 atom stereocenters. The number of hydrogen-bond donors (Lipinski definition) is 2. The van der Waals surface area contributed by atoms with Gasteiger partial charge in [0, 0.05) is 19.6 Å². The first-order valence-electron chi connectivity index (χ1n) is 8.58. The summed E-state index contributed by atoms with van der Waals surface area (Å²) in [5, 5.41) is 11.9. The Morgan fingerprint density at radius 1 is 1.31 bits per heavy atom. The third kappa shape index (κ3) is 5.64. The predicted molar refractivity (Wildman–Crippen MR) is 89.6 cm³/mol. The highest BCUT2D eigenvalue weighted by Gasteiger charge is 2.32. The van der Waals surface area contributed by atoms with E-state index in [1.807, 2.05) is 6.92 Å². The van der Waals surface area contributed by atoms with Crippen molar-refractivity contribution in [1.82, 2.24) is 10.2 Å². The number of amides is 2. The van der Waals surface area contributed by atoms with Gasteiger partial charge in [-0.1, -0.05) is 25.1 Å². The Hall–Kier alpha value is -2.25. The maximum atomic E-state index is 12.7. The van der Waals surface area contributed by atoms with Gasteiger partial charge in [0.15, 0.2) is 0 Å². The van der Waals surface area contributed by atoms with Gasteiger partial charge in [0.1, 0.15) is 0 Å². The molecule has 1 heterocycles. The molecule has 1 aliphatic rings. The van der Waals surface area contributed by atoms with Crippen molar-refractivity contribution in [1.29, 1.82) is 0 Å². The number of carbonyl (C=O) groups is 2. The van der Waals surface area contributed by atoms with Crippen LogP contribution in [0.1, 0.15) is 30.9 Å². The van der Waals surface area contributed by atoms with E-state index in [2.05, 4.69) is 5.32 Å². The van der Waals surface area contributed by atoms with Crippen molar-refractivity contribution < 1.29 is 27.9 Å². The standard InChI is InChI=1S/C18H23F3N2O3/c1-12-8-14(16(24)25)11-23(10-12)17(26)22-7-3-5-13-4-2-6-15(9-13)18(19,20)21/h2,4,6,9,12,14H,3,5,7-8,10-11H2,1H3,(H,22,26)(H,24,25). The molecule has 5 nitrogen and oxygen atoms in total. The molecule has 144 valence electrons. The molecule has 1 fully saturated rings. The average molecular weight is 372 g/mol. The Balaban J connectivity index is 1.79. The number of halogens is 3. The minimum atomic E-state index is -4.37. The number of carboxylic acids is 1. The van der Waals surface area contributed by atoms with Crippen LogP contribution in [0.3, 0.4) is 0 Å². The Morgan fingerprint density at radius 3 is 2.69 bits per heavy atom. The van der Waals surface area contributed by atoms with Gasteiger partial charge in [0.2, 0.25) is 0 Å². The average Bonchev–Trinajstić information content (AvgIpc) is 2.57. The van der Waals surface area contributed by atoms with Gasteiger partial charge in [0.05, 0.1) is 11.5 Å². The van der Waals surface area contributed by atoms with E-state index in [1.165, 1.54) is 11.0 Å². The zero-order valence-electron chi connectivity index (χ0n) is 14.6. The number of piperidine rings is 1. The smallest absolute Gasteiger partial charge is 0.416 e. The highest BCUT2D eigenvalue weighted by atomic mass is 19.4. The number of carboxylic acid groups (broad SMARTS) is 1. The molecular formula is C18H23F3N2O3. The molecule has 0 radical (unpaired) electrons. The molecule has 1 aromatic carbocycles. The van der Waals surface area contributed by atoms with Gasteiger partial charge in [-0.15, -0.1) is 0 Å². The lowest BCUT2D eigenvalue weighted by Gasteiger charge is -2.34. The molecule has 0 saturated carbocycles. The maximum absolute atomic E-state index is 12.7. The number of carbonyl (C=O) groups excluding carboxylic acids is 1. The van der Waals surface area contributed by atoms with E-state index in [1.54, 1.807) is 6.07 Å². The van der Waals surface area contributed by atoms with E-state index in [0.29, 0.717) is 37.9 Å². The molecule has 1 aliphatic heterocycles. The fourth-order valence-corrected chi connectivity index (χ4v) is 3.20. The van der Waals surface area contributed by atoms with Crippen molar-refractivity contribution in [2.45, 2.75) is 32.4 Å². The van der Waals surface area contributed by atoms with Crippen LogP contribution in [0.2, 0.25) is 0 Å². The van der Waals surface area contributed by atoms with Crippen molar-refractivity contribution in [3.05, 3.63) is 35.4 Å². The number of urea groups is 1. The number of likely N-dealkylation sites (tertiary alicyclic amines) is 1. The van der Waals surface area contributed by atoms with Crippen LogP contribution in [-0.2, 0) is 17.4 Å². The third-order valence-electron chi connectivity index (χ3n) is 4.47. The number of aliphatic carboxylic acids is 1. The molecular weight excluding hydrogens is 349 g/mol. The fraction of sp³-hybridized carbons (Fsp3) is 0.556. The molecule has 26 heavy (non-hydrogen) atoms. The number of nitrogens with one attached hydrogen (secondary N) is 1. The summed E-state index contributed by atoms with van der Waals surface area (Å²) in [6.45, 7) is 2.91. The second-order valence-electron chi connectivity index (χ2n) is 6.81. The number of nitrogens with zero attached hydrogens (tertiary/aromatic N) is 1. The van der Waals surface area contributed by atoms with Crippen LogP contribution in [0, 0.1) is 11.8 Å². The zero-order valence-corrected chi connectivity index (χ0v) is 14.6. The van der Waals surface area contributed by atoms with Gasteiger partial charge in [-0.3, -0.25) is 4.79 Å². The molecule has 0 aliphatic carbocycles. The molecule has 0 spiro atoms. The highest BCUT2D eigenvalue weighted by molar-refractivity contribution is 5.76. The fourth-order valence-electron chi connectivity index (χ4n) is 3.20. The lowest BCUT2D eigenvalue weighted by atomic mass is 9.91. The minimum Gasteiger partial charge on any atom is -0.481 e. The van der Waals surface area contributed by atoms with Gasteiger partial charge < -0.3 is 15.3 Å². The highest BCUT2D eigenvalue weighted by Crippen LogP contribution is 2.29. The molecule has 2 rings (SSSR count). The van der Waals surface area contributed by atoms with Crippen molar-refractivity contribution in [2.75, 3.05) is 19.6 Å². The van der Waals surface area contributed by atoms with Gasteiger partial charge in [-0.05, 0) is 36.8 Å². The van der Waals surface area contributed by atoms with Crippen LogP contribution >= 0.6 is 0 Å². The quantitative estimate of drug-likeness (QED) is 0.779. The van der Waals surface area contributed by atoms with E-state index in [-0.39, 0.29) is 18.5 Å². The summed E-state index contributed by atoms with van der Waals surface area (Å²) >= 11 is 0. The molecule has 1 aromatic rings. The number of rotatable bonds is 5. The topological polar surface area (TPSA) is 69.6 Å². The summed E-state index contributed by atoms with van der Waals surface area (Å²) in [6, 6.07) is 4.82. The normalized spacial score (nSPS) is 20.7. The van der Waals surface area contributed by atoms with Crippen molar-refractivity contribution >= 4 is 12.0 Å². The van der Waals surface area contributed by atoms with Gasteiger partial charge in [0.25, 0.3) is 0 Å². The van der Waals surface area contributed by atoms with Gasteiger partial charge in [-0.25, -0.2) is 4.79 Å². The second kappa shape index (κ2) is 8.42. The van der Waals surface area contributed by atoms with E-state index in [4.69, 9.17) is 5.11 Å². The van der Waals surface area contributed by atoms with Crippen LogP contribution in [0.25, 0.3) is 0 Å². The summed E-state index contributed by atoms with van der Waals surface area (Å²) in [5.74, 6) is -1.35. The lowest BCUT2D eigenvalue weighted by Crippen LogP contribution is -2.49. The number of benzene rings is 1. The summed E-state index contributed by atoms with van der Waals surface area (Å²) in [7, 11) is 0. The van der Waals surface area contributed by atoms with Crippen LogP contribution in [0.15, 0.2) is 24.3 Å². The lowest BCUT2D eigenvalue weighted by molar-refractivity contribution is -0.143.